The molecule has 0 radical (unpaired) electrons. The summed E-state index contributed by atoms with van der Waals surface area (Å²) in [7, 11) is 3.18. The quantitative estimate of drug-likeness (QED) is 0.524. The number of aryl methyl sites for hydroxylation is 1. The van der Waals surface area contributed by atoms with E-state index >= 15 is 0 Å². The van der Waals surface area contributed by atoms with Crippen LogP contribution in [0.25, 0.3) is 11.3 Å². The zero-order valence-corrected chi connectivity index (χ0v) is 17.3. The summed E-state index contributed by atoms with van der Waals surface area (Å²) in [5, 5.41) is 8.83. The number of amides is 2. The second-order valence-corrected chi connectivity index (χ2v) is 7.21. The van der Waals surface area contributed by atoms with E-state index in [1.807, 2.05) is 35.7 Å². The van der Waals surface area contributed by atoms with Crippen LogP contribution in [0.15, 0.2) is 48.1 Å². The minimum Gasteiger partial charge on any atom is -0.493 e. The Balaban J connectivity index is 1.38. The van der Waals surface area contributed by atoms with Crippen molar-refractivity contribution in [1.29, 1.82) is 0 Å². The lowest BCUT2D eigenvalue weighted by molar-refractivity contribution is 0.240. The Morgan fingerprint density at radius 1 is 1.07 bits per heavy atom. The van der Waals surface area contributed by atoms with Gasteiger partial charge in [-0.3, -0.25) is 4.98 Å². The van der Waals surface area contributed by atoms with Gasteiger partial charge in [-0.2, -0.15) is 0 Å². The maximum absolute atomic E-state index is 12.0. The molecule has 0 spiro atoms. The number of nitrogens with one attached hydrogen (secondary N) is 2. The van der Waals surface area contributed by atoms with Gasteiger partial charge < -0.3 is 20.1 Å². The van der Waals surface area contributed by atoms with E-state index < -0.39 is 0 Å². The molecule has 0 bridgehead atoms. The van der Waals surface area contributed by atoms with Gasteiger partial charge in [-0.1, -0.05) is 6.07 Å². The number of pyridine rings is 1. The molecule has 7 nitrogen and oxygen atoms in total. The number of nitrogens with zero attached hydrogens (tertiary/aromatic N) is 2. The van der Waals surface area contributed by atoms with Crippen molar-refractivity contribution < 1.29 is 14.3 Å². The van der Waals surface area contributed by atoms with Gasteiger partial charge in [0.25, 0.3) is 0 Å². The lowest BCUT2D eigenvalue weighted by atomic mass is 10.2. The maximum Gasteiger partial charge on any atom is 0.315 e. The first-order chi connectivity index (χ1) is 14.2. The Bertz CT molecular complexity index is 931. The molecular weight excluding hydrogens is 388 g/mol. The molecule has 0 fully saturated rings. The minimum absolute atomic E-state index is 0.198. The monoisotopic (exact) mass is 412 g/mol. The molecule has 0 unspecified atom stereocenters. The predicted octanol–water partition coefficient (Wildman–Crippen LogP) is 3.65. The predicted molar refractivity (Wildman–Crippen MR) is 113 cm³/mol. The summed E-state index contributed by atoms with van der Waals surface area (Å²) in [4.78, 5) is 20.7. The summed E-state index contributed by atoms with van der Waals surface area (Å²) in [5.41, 5.74) is 2.97. The van der Waals surface area contributed by atoms with Crippen LogP contribution in [-0.2, 0) is 13.0 Å². The molecule has 8 heteroatoms. The van der Waals surface area contributed by atoms with Crippen LogP contribution in [-0.4, -0.2) is 36.8 Å². The fourth-order valence-electron chi connectivity index (χ4n) is 2.76. The molecule has 3 aromatic rings. The first kappa shape index (κ1) is 20.6. The average Bonchev–Trinajstić information content (AvgIpc) is 3.24. The summed E-state index contributed by atoms with van der Waals surface area (Å²) in [6, 6.07) is 9.26. The summed E-state index contributed by atoms with van der Waals surface area (Å²) < 4.78 is 10.5. The molecule has 0 saturated carbocycles. The summed E-state index contributed by atoms with van der Waals surface area (Å²) in [5.74, 6) is 1.30. The SMILES string of the molecule is COc1ccc(CNC(=O)NCCCc2nc(-c3ccncc3)cs2)cc1OC. The molecule has 29 heavy (non-hydrogen) atoms. The standard InChI is InChI=1S/C21H24N4O3S/c1-27-18-6-5-15(12-19(18)28-2)13-24-21(26)23-9-3-4-20-25-17(14-29-20)16-7-10-22-11-8-16/h5-8,10-12,14H,3-4,9,13H2,1-2H3,(H2,23,24,26). The van der Waals surface area contributed by atoms with E-state index in [2.05, 4.69) is 20.6 Å². The molecule has 0 aliphatic rings. The molecule has 2 amide bonds. The molecular formula is C21H24N4O3S. The lowest BCUT2D eigenvalue weighted by Gasteiger charge is -2.11. The number of carbonyl (C=O) groups is 1. The molecule has 152 valence electrons. The highest BCUT2D eigenvalue weighted by molar-refractivity contribution is 7.09. The molecule has 2 aromatic heterocycles. The van der Waals surface area contributed by atoms with E-state index in [4.69, 9.17) is 9.47 Å². The van der Waals surface area contributed by atoms with Crippen LogP contribution in [0.3, 0.4) is 0 Å². The third-order valence-electron chi connectivity index (χ3n) is 4.28. The van der Waals surface area contributed by atoms with Crippen molar-refractivity contribution in [1.82, 2.24) is 20.6 Å². The first-order valence-electron chi connectivity index (χ1n) is 9.27. The van der Waals surface area contributed by atoms with Gasteiger partial charge in [0.05, 0.1) is 24.9 Å². The fraction of sp³-hybridized carbons (Fsp3) is 0.286. The third-order valence-corrected chi connectivity index (χ3v) is 5.19. The van der Waals surface area contributed by atoms with Crippen LogP contribution in [0.4, 0.5) is 4.79 Å². The van der Waals surface area contributed by atoms with E-state index in [1.54, 1.807) is 38.0 Å². The number of carbonyl (C=O) groups excluding carboxylic acids is 1. The van der Waals surface area contributed by atoms with Gasteiger partial charge >= 0.3 is 6.03 Å². The third kappa shape index (κ3) is 5.92. The molecule has 0 aliphatic carbocycles. The minimum atomic E-state index is -0.198. The van der Waals surface area contributed by atoms with Crippen LogP contribution in [0.1, 0.15) is 17.0 Å². The number of methoxy groups -OCH3 is 2. The molecule has 0 aliphatic heterocycles. The van der Waals surface area contributed by atoms with Gasteiger partial charge in [0.15, 0.2) is 11.5 Å². The van der Waals surface area contributed by atoms with Gasteiger partial charge in [0, 0.05) is 42.8 Å². The number of rotatable bonds is 9. The fourth-order valence-corrected chi connectivity index (χ4v) is 3.61. The largest absolute Gasteiger partial charge is 0.493 e. The van der Waals surface area contributed by atoms with E-state index in [0.29, 0.717) is 24.6 Å². The van der Waals surface area contributed by atoms with Crippen LogP contribution >= 0.6 is 11.3 Å². The summed E-state index contributed by atoms with van der Waals surface area (Å²) in [6.07, 6.45) is 5.18. The van der Waals surface area contributed by atoms with Gasteiger partial charge in [-0.15, -0.1) is 11.3 Å². The Labute approximate surface area is 174 Å². The van der Waals surface area contributed by atoms with Gasteiger partial charge in [-0.25, -0.2) is 9.78 Å². The Kier molecular flexibility index (Phi) is 7.40. The Hall–Kier alpha value is -3.13. The summed E-state index contributed by atoms with van der Waals surface area (Å²) >= 11 is 1.64. The van der Waals surface area contributed by atoms with Gasteiger partial charge in [0.2, 0.25) is 0 Å². The maximum atomic E-state index is 12.0. The van der Waals surface area contributed by atoms with E-state index in [0.717, 1.165) is 34.7 Å². The van der Waals surface area contributed by atoms with E-state index in [9.17, 15) is 4.79 Å². The molecule has 1 aromatic carbocycles. The number of ether oxygens (including phenoxy) is 2. The smallest absolute Gasteiger partial charge is 0.315 e. The highest BCUT2D eigenvalue weighted by atomic mass is 32.1. The normalized spacial score (nSPS) is 10.4. The molecule has 3 rings (SSSR count). The molecule has 2 N–H and O–H groups in total. The summed E-state index contributed by atoms with van der Waals surface area (Å²) in [6.45, 7) is 0.996. The zero-order valence-electron chi connectivity index (χ0n) is 16.5. The topological polar surface area (TPSA) is 85.4 Å². The lowest BCUT2D eigenvalue weighted by Crippen LogP contribution is -2.35. The van der Waals surface area contributed by atoms with Crippen molar-refractivity contribution in [3.8, 4) is 22.8 Å². The Morgan fingerprint density at radius 2 is 1.86 bits per heavy atom. The van der Waals surface area contributed by atoms with Crippen molar-refractivity contribution in [2.45, 2.75) is 19.4 Å². The van der Waals surface area contributed by atoms with E-state index in [-0.39, 0.29) is 6.03 Å². The van der Waals surface area contributed by atoms with Gasteiger partial charge in [0.1, 0.15) is 0 Å². The number of aromatic nitrogens is 2. The van der Waals surface area contributed by atoms with Crippen molar-refractivity contribution in [2.24, 2.45) is 0 Å². The second-order valence-electron chi connectivity index (χ2n) is 6.26. The molecule has 0 saturated heterocycles. The number of hydrogen-bond acceptors (Lipinski definition) is 6. The van der Waals surface area contributed by atoms with Crippen molar-refractivity contribution in [3.05, 3.63) is 58.7 Å². The van der Waals surface area contributed by atoms with Crippen LogP contribution in [0.5, 0.6) is 11.5 Å². The molecule has 2 heterocycles. The number of hydrogen-bond donors (Lipinski definition) is 2. The van der Waals surface area contributed by atoms with E-state index in [1.165, 1.54) is 0 Å². The zero-order chi connectivity index (χ0) is 20.5. The first-order valence-corrected chi connectivity index (χ1v) is 10.1. The van der Waals surface area contributed by atoms with Crippen molar-refractivity contribution >= 4 is 17.4 Å². The average molecular weight is 413 g/mol. The number of benzene rings is 1. The second kappa shape index (κ2) is 10.4. The highest BCUT2D eigenvalue weighted by Crippen LogP contribution is 2.27. The van der Waals surface area contributed by atoms with Gasteiger partial charge in [-0.05, 0) is 36.2 Å². The van der Waals surface area contributed by atoms with Crippen LogP contribution in [0, 0.1) is 0 Å². The Morgan fingerprint density at radius 3 is 2.62 bits per heavy atom. The molecule has 0 atom stereocenters. The van der Waals surface area contributed by atoms with Crippen LogP contribution < -0.4 is 20.1 Å². The van der Waals surface area contributed by atoms with Crippen molar-refractivity contribution in [3.63, 3.8) is 0 Å². The highest BCUT2D eigenvalue weighted by Gasteiger charge is 2.07. The number of urea groups is 1. The van der Waals surface area contributed by atoms with Crippen LogP contribution in [0.2, 0.25) is 0 Å². The van der Waals surface area contributed by atoms with Crippen molar-refractivity contribution in [2.75, 3.05) is 20.8 Å². The number of thiazole rings is 1.